The SMILES string of the molecule is CC(N)CC(N)[NH+](C)[O-]. The summed E-state index contributed by atoms with van der Waals surface area (Å²) in [4.78, 5) is 0. The van der Waals surface area contributed by atoms with Gasteiger partial charge in [-0.15, -0.1) is 0 Å². The van der Waals surface area contributed by atoms with Gasteiger partial charge in [0.2, 0.25) is 0 Å². The Morgan fingerprint density at radius 3 is 2.11 bits per heavy atom. The summed E-state index contributed by atoms with van der Waals surface area (Å²) < 4.78 is 0. The molecule has 0 bridgehead atoms. The van der Waals surface area contributed by atoms with E-state index >= 15 is 0 Å². The minimum Gasteiger partial charge on any atom is -0.633 e. The van der Waals surface area contributed by atoms with Crippen molar-refractivity contribution in [2.75, 3.05) is 7.05 Å². The van der Waals surface area contributed by atoms with Crippen LogP contribution in [-0.2, 0) is 0 Å². The molecule has 0 radical (unpaired) electrons. The summed E-state index contributed by atoms with van der Waals surface area (Å²) >= 11 is 0. The van der Waals surface area contributed by atoms with Gasteiger partial charge >= 0.3 is 0 Å². The fourth-order valence-corrected chi connectivity index (χ4v) is 0.567. The molecule has 9 heavy (non-hydrogen) atoms. The van der Waals surface area contributed by atoms with E-state index < -0.39 is 0 Å². The van der Waals surface area contributed by atoms with E-state index in [4.69, 9.17) is 11.5 Å². The minimum absolute atomic E-state index is 0.00676. The zero-order valence-electron chi connectivity index (χ0n) is 5.92. The van der Waals surface area contributed by atoms with Crippen molar-refractivity contribution < 1.29 is 5.06 Å². The lowest BCUT2D eigenvalue weighted by Crippen LogP contribution is -3.10. The maximum atomic E-state index is 10.5. The molecule has 4 heteroatoms. The fourth-order valence-electron chi connectivity index (χ4n) is 0.567. The molecule has 0 aromatic heterocycles. The average molecular weight is 133 g/mol. The lowest BCUT2D eigenvalue weighted by Gasteiger charge is -2.24. The van der Waals surface area contributed by atoms with Crippen LogP contribution in [0.2, 0.25) is 0 Å². The van der Waals surface area contributed by atoms with Gasteiger partial charge < -0.3 is 16.0 Å². The number of hydrogen-bond donors (Lipinski definition) is 3. The van der Waals surface area contributed by atoms with E-state index in [-0.39, 0.29) is 17.3 Å². The molecule has 5 N–H and O–H groups in total. The molecule has 3 unspecified atom stereocenters. The Hall–Kier alpha value is -0.160. The van der Waals surface area contributed by atoms with E-state index in [1.54, 1.807) is 0 Å². The molecule has 0 rings (SSSR count). The van der Waals surface area contributed by atoms with Gasteiger partial charge in [0.1, 0.15) is 6.17 Å². The molecule has 0 aliphatic carbocycles. The topological polar surface area (TPSA) is 79.5 Å². The van der Waals surface area contributed by atoms with Crippen LogP contribution in [-0.4, -0.2) is 19.3 Å². The summed E-state index contributed by atoms with van der Waals surface area (Å²) in [7, 11) is 1.48. The minimum atomic E-state index is -0.370. The van der Waals surface area contributed by atoms with Gasteiger partial charge in [0.25, 0.3) is 0 Å². The quantitative estimate of drug-likeness (QED) is 0.308. The molecule has 0 saturated heterocycles. The molecular weight excluding hydrogens is 118 g/mol. The van der Waals surface area contributed by atoms with Crippen LogP contribution >= 0.6 is 0 Å². The molecule has 56 valence electrons. The lowest BCUT2D eigenvalue weighted by molar-refractivity contribution is -0.854. The maximum absolute atomic E-state index is 10.5. The zero-order valence-corrected chi connectivity index (χ0v) is 5.92. The van der Waals surface area contributed by atoms with Crippen LogP contribution in [0.25, 0.3) is 0 Å². The van der Waals surface area contributed by atoms with Crippen LogP contribution in [0.1, 0.15) is 13.3 Å². The van der Waals surface area contributed by atoms with Crippen molar-refractivity contribution in [3.63, 3.8) is 0 Å². The molecular formula is C5H15N3O. The monoisotopic (exact) mass is 133 g/mol. The lowest BCUT2D eigenvalue weighted by atomic mass is 10.2. The van der Waals surface area contributed by atoms with E-state index in [1.807, 2.05) is 6.92 Å². The second-order valence-electron chi connectivity index (χ2n) is 2.43. The Kier molecular flexibility index (Phi) is 3.72. The third kappa shape index (κ3) is 4.35. The van der Waals surface area contributed by atoms with Gasteiger partial charge in [-0.05, 0) is 6.92 Å². The Balaban J connectivity index is 3.38. The Bertz CT molecular complexity index is 74.6. The van der Waals surface area contributed by atoms with Gasteiger partial charge in [0, 0.05) is 12.5 Å². The Labute approximate surface area is 55.4 Å². The predicted octanol–water partition coefficient (Wildman–Crippen LogP) is -1.98. The molecule has 0 fully saturated rings. The van der Waals surface area contributed by atoms with Crippen LogP contribution in [0.5, 0.6) is 0 Å². The molecule has 0 amide bonds. The van der Waals surface area contributed by atoms with E-state index in [1.165, 1.54) is 7.05 Å². The number of hydrogen-bond acceptors (Lipinski definition) is 3. The molecule has 0 heterocycles. The molecule has 0 aromatic carbocycles. The van der Waals surface area contributed by atoms with E-state index in [0.29, 0.717) is 6.42 Å². The molecule has 0 aromatic rings. The van der Waals surface area contributed by atoms with Gasteiger partial charge in [-0.25, -0.2) is 0 Å². The van der Waals surface area contributed by atoms with Gasteiger partial charge in [-0.1, -0.05) is 0 Å². The van der Waals surface area contributed by atoms with Gasteiger partial charge in [-0.2, -0.15) is 0 Å². The Morgan fingerprint density at radius 2 is 2.00 bits per heavy atom. The highest BCUT2D eigenvalue weighted by Crippen LogP contribution is 1.83. The average Bonchev–Trinajstić information content (AvgIpc) is 1.63. The van der Waals surface area contributed by atoms with Crippen LogP contribution in [0.15, 0.2) is 0 Å². The number of nitrogens with two attached hydrogens (primary N) is 2. The van der Waals surface area contributed by atoms with Crippen LogP contribution in [0.3, 0.4) is 0 Å². The Morgan fingerprint density at radius 1 is 1.56 bits per heavy atom. The standard InChI is InChI=1S/C5H15N3O/c1-4(6)3-5(7)8(2)9/h4-5,8H,3,6-7H2,1-2H3. The summed E-state index contributed by atoms with van der Waals surface area (Å²) in [6.45, 7) is 1.84. The van der Waals surface area contributed by atoms with E-state index in [9.17, 15) is 5.21 Å². The van der Waals surface area contributed by atoms with Gasteiger partial charge in [-0.3, -0.25) is 5.73 Å². The molecule has 0 aliphatic rings. The largest absolute Gasteiger partial charge is 0.633 e. The molecule has 3 atom stereocenters. The van der Waals surface area contributed by atoms with Crippen molar-refractivity contribution in [2.45, 2.75) is 25.6 Å². The number of nitrogens with one attached hydrogen (secondary N) is 1. The summed E-state index contributed by atoms with van der Waals surface area (Å²) in [5, 5.41) is 10.5. The van der Waals surface area contributed by atoms with Crippen LogP contribution < -0.4 is 16.5 Å². The van der Waals surface area contributed by atoms with Crippen molar-refractivity contribution in [3.8, 4) is 0 Å². The van der Waals surface area contributed by atoms with Crippen molar-refractivity contribution in [2.24, 2.45) is 11.5 Å². The normalized spacial score (nSPS) is 21.0. The molecule has 0 aliphatic heterocycles. The summed E-state index contributed by atoms with van der Waals surface area (Å²) in [5.74, 6) is 0. The van der Waals surface area contributed by atoms with Gasteiger partial charge in [0.15, 0.2) is 0 Å². The first-order chi connectivity index (χ1) is 4.04. The number of hydroxylamine groups is 2. The summed E-state index contributed by atoms with van der Waals surface area (Å²) in [6.07, 6.45) is 0.208. The molecule has 0 spiro atoms. The highest BCUT2D eigenvalue weighted by atomic mass is 16.5. The van der Waals surface area contributed by atoms with E-state index in [2.05, 4.69) is 0 Å². The van der Waals surface area contributed by atoms with Crippen molar-refractivity contribution in [1.82, 2.24) is 0 Å². The van der Waals surface area contributed by atoms with Crippen LogP contribution in [0, 0.1) is 5.21 Å². The predicted molar refractivity (Wildman–Crippen MR) is 36.5 cm³/mol. The van der Waals surface area contributed by atoms with Crippen molar-refractivity contribution in [1.29, 1.82) is 0 Å². The second kappa shape index (κ2) is 3.79. The number of rotatable bonds is 3. The highest BCUT2D eigenvalue weighted by Gasteiger charge is 2.07. The van der Waals surface area contributed by atoms with Crippen LogP contribution in [0.4, 0.5) is 0 Å². The fraction of sp³-hybridized carbons (Fsp3) is 1.00. The molecule has 0 saturated carbocycles. The van der Waals surface area contributed by atoms with Crippen molar-refractivity contribution >= 4 is 0 Å². The molecule has 4 nitrogen and oxygen atoms in total. The van der Waals surface area contributed by atoms with Crippen molar-refractivity contribution in [3.05, 3.63) is 5.21 Å². The van der Waals surface area contributed by atoms with E-state index in [0.717, 1.165) is 0 Å². The first-order valence-electron chi connectivity index (χ1n) is 3.05. The first-order valence-corrected chi connectivity index (χ1v) is 3.05. The first kappa shape index (κ1) is 8.84. The van der Waals surface area contributed by atoms with Gasteiger partial charge in [0.05, 0.1) is 7.05 Å². The second-order valence-corrected chi connectivity index (χ2v) is 2.43. The summed E-state index contributed by atoms with van der Waals surface area (Å²) in [6, 6.07) is 0.0175. The third-order valence-corrected chi connectivity index (χ3v) is 1.15. The maximum Gasteiger partial charge on any atom is 0.139 e. The highest BCUT2D eigenvalue weighted by molar-refractivity contribution is 4.56. The smallest absolute Gasteiger partial charge is 0.139 e. The summed E-state index contributed by atoms with van der Waals surface area (Å²) in [5.41, 5.74) is 10.8. The zero-order chi connectivity index (χ0) is 7.44. The number of quaternary nitrogens is 1. The third-order valence-electron chi connectivity index (χ3n) is 1.15.